The molecule has 0 unspecified atom stereocenters. The maximum Gasteiger partial charge on any atom is 0.216 e. The number of aliphatic imine (C=N–C) groups is 1. The molecule has 0 aliphatic heterocycles. The van der Waals surface area contributed by atoms with Gasteiger partial charge in [0, 0.05) is 11.3 Å². The molecule has 2 aromatic carbocycles. The van der Waals surface area contributed by atoms with Crippen molar-refractivity contribution in [2.24, 2.45) is 10.7 Å². The molecule has 6 nitrogen and oxygen atoms in total. The summed E-state index contributed by atoms with van der Waals surface area (Å²) in [6.45, 7) is 0.266. The Bertz CT molecular complexity index is 811. The Kier molecular flexibility index (Phi) is 4.76. The summed E-state index contributed by atoms with van der Waals surface area (Å²) in [6.07, 6.45) is 1.69. The number of nitrogens with zero attached hydrogens (tertiary/aromatic N) is 2. The molecule has 0 bridgehead atoms. The Morgan fingerprint density at radius 3 is 2.62 bits per heavy atom. The van der Waals surface area contributed by atoms with E-state index in [1.165, 1.54) is 0 Å². The van der Waals surface area contributed by atoms with Crippen LogP contribution in [0, 0.1) is 0 Å². The predicted octanol–water partition coefficient (Wildman–Crippen LogP) is 3.28. The van der Waals surface area contributed by atoms with Crippen LogP contribution in [0.2, 0.25) is 0 Å². The lowest BCUT2D eigenvalue weighted by molar-refractivity contribution is 0.415. The van der Waals surface area contributed by atoms with Crippen molar-refractivity contribution < 1.29 is 9.15 Å². The number of hydrogen-bond acceptors (Lipinski definition) is 4. The molecule has 0 saturated carbocycles. The van der Waals surface area contributed by atoms with Gasteiger partial charge in [-0.25, -0.2) is 9.98 Å². The van der Waals surface area contributed by atoms with Gasteiger partial charge in [0.25, 0.3) is 0 Å². The monoisotopic (exact) mass is 322 g/mol. The normalized spacial score (nSPS) is 11.3. The zero-order valence-electron chi connectivity index (χ0n) is 13.3. The SMILES string of the molecule is COc1ccc(NC(N)=NCc2ncc(-c3ccccc3)o2)cc1. The number of nitrogens with two attached hydrogens (primary N) is 1. The summed E-state index contributed by atoms with van der Waals surface area (Å²) < 4.78 is 10.8. The number of ether oxygens (including phenoxy) is 1. The Labute approximate surface area is 140 Å². The fourth-order valence-corrected chi connectivity index (χ4v) is 2.13. The lowest BCUT2D eigenvalue weighted by atomic mass is 10.2. The zero-order valence-corrected chi connectivity index (χ0v) is 13.3. The van der Waals surface area contributed by atoms with Crippen molar-refractivity contribution >= 4 is 11.6 Å². The molecule has 1 aromatic heterocycles. The molecule has 3 N–H and O–H groups in total. The van der Waals surface area contributed by atoms with Gasteiger partial charge in [-0.2, -0.15) is 0 Å². The number of methoxy groups -OCH3 is 1. The number of aromatic nitrogens is 1. The molecule has 6 heteroatoms. The lowest BCUT2D eigenvalue weighted by Crippen LogP contribution is -2.22. The highest BCUT2D eigenvalue weighted by atomic mass is 16.5. The van der Waals surface area contributed by atoms with E-state index in [0.29, 0.717) is 17.6 Å². The van der Waals surface area contributed by atoms with Crippen LogP contribution in [-0.4, -0.2) is 18.1 Å². The van der Waals surface area contributed by atoms with Crippen molar-refractivity contribution in [1.29, 1.82) is 0 Å². The first-order valence-electron chi connectivity index (χ1n) is 7.46. The molecular weight excluding hydrogens is 304 g/mol. The molecule has 0 saturated heterocycles. The molecule has 0 fully saturated rings. The van der Waals surface area contributed by atoms with E-state index in [1.54, 1.807) is 13.3 Å². The van der Waals surface area contributed by atoms with Gasteiger partial charge in [0.2, 0.25) is 5.89 Å². The summed E-state index contributed by atoms with van der Waals surface area (Å²) in [4.78, 5) is 8.46. The van der Waals surface area contributed by atoms with Gasteiger partial charge in [-0.15, -0.1) is 0 Å². The topological polar surface area (TPSA) is 85.7 Å². The number of oxazole rings is 1. The van der Waals surface area contributed by atoms with Crippen LogP contribution in [0.3, 0.4) is 0 Å². The minimum Gasteiger partial charge on any atom is -0.497 e. The first kappa shape index (κ1) is 15.6. The Hall–Kier alpha value is -3.28. The molecule has 122 valence electrons. The minimum atomic E-state index is 0.266. The number of rotatable bonds is 5. The Morgan fingerprint density at radius 1 is 1.17 bits per heavy atom. The van der Waals surface area contributed by atoms with Crippen LogP contribution in [0.25, 0.3) is 11.3 Å². The first-order chi connectivity index (χ1) is 11.7. The molecule has 3 aromatic rings. The molecule has 3 rings (SSSR count). The van der Waals surface area contributed by atoms with Gasteiger partial charge >= 0.3 is 0 Å². The summed E-state index contributed by atoms with van der Waals surface area (Å²) in [5, 5.41) is 3.00. The summed E-state index contributed by atoms with van der Waals surface area (Å²) in [7, 11) is 1.62. The number of nitrogens with one attached hydrogen (secondary N) is 1. The molecule has 0 amide bonds. The van der Waals surface area contributed by atoms with Crippen molar-refractivity contribution in [3.63, 3.8) is 0 Å². The molecule has 24 heavy (non-hydrogen) atoms. The van der Waals surface area contributed by atoms with Crippen LogP contribution in [0.5, 0.6) is 5.75 Å². The van der Waals surface area contributed by atoms with Crippen molar-refractivity contribution in [1.82, 2.24) is 4.98 Å². The maximum absolute atomic E-state index is 5.88. The molecule has 0 radical (unpaired) electrons. The van der Waals surface area contributed by atoms with Gasteiger partial charge in [-0.1, -0.05) is 30.3 Å². The lowest BCUT2D eigenvalue weighted by Gasteiger charge is -2.06. The number of hydrogen-bond donors (Lipinski definition) is 2. The highest BCUT2D eigenvalue weighted by Crippen LogP contribution is 2.20. The van der Waals surface area contributed by atoms with E-state index in [-0.39, 0.29) is 6.54 Å². The molecule has 0 atom stereocenters. The van der Waals surface area contributed by atoms with Crippen LogP contribution >= 0.6 is 0 Å². The number of benzene rings is 2. The molecule has 0 spiro atoms. The van der Waals surface area contributed by atoms with Crippen LogP contribution < -0.4 is 15.8 Å². The fraction of sp³-hybridized carbons (Fsp3) is 0.111. The van der Waals surface area contributed by atoms with Gasteiger partial charge in [0.15, 0.2) is 11.7 Å². The minimum absolute atomic E-state index is 0.266. The smallest absolute Gasteiger partial charge is 0.216 e. The van der Waals surface area contributed by atoms with E-state index in [2.05, 4.69) is 15.3 Å². The maximum atomic E-state index is 5.88. The third kappa shape index (κ3) is 3.92. The van der Waals surface area contributed by atoms with E-state index in [1.807, 2.05) is 54.6 Å². The second-order valence-electron chi connectivity index (χ2n) is 5.04. The largest absolute Gasteiger partial charge is 0.497 e. The number of anilines is 1. The van der Waals surface area contributed by atoms with Crippen molar-refractivity contribution in [2.45, 2.75) is 6.54 Å². The molecule has 0 aliphatic rings. The fourth-order valence-electron chi connectivity index (χ4n) is 2.13. The van der Waals surface area contributed by atoms with Crippen molar-refractivity contribution in [2.75, 3.05) is 12.4 Å². The summed E-state index contributed by atoms with van der Waals surface area (Å²) >= 11 is 0. The second-order valence-corrected chi connectivity index (χ2v) is 5.04. The van der Waals surface area contributed by atoms with E-state index >= 15 is 0 Å². The van der Waals surface area contributed by atoms with Crippen LogP contribution in [0.15, 0.2) is 70.2 Å². The second kappa shape index (κ2) is 7.32. The highest BCUT2D eigenvalue weighted by molar-refractivity contribution is 5.92. The van der Waals surface area contributed by atoms with Crippen LogP contribution in [-0.2, 0) is 6.54 Å². The van der Waals surface area contributed by atoms with E-state index < -0.39 is 0 Å². The average Bonchev–Trinajstić information content (AvgIpc) is 3.10. The van der Waals surface area contributed by atoms with Crippen molar-refractivity contribution in [3.05, 3.63) is 66.7 Å². The van der Waals surface area contributed by atoms with Gasteiger partial charge in [-0.3, -0.25) is 0 Å². The van der Waals surface area contributed by atoms with E-state index in [0.717, 1.165) is 17.0 Å². The third-order valence-electron chi connectivity index (χ3n) is 3.36. The molecule has 0 aliphatic carbocycles. The van der Waals surface area contributed by atoms with E-state index in [9.17, 15) is 0 Å². The molecule has 1 heterocycles. The standard InChI is InChI=1S/C18H18N4O2/c1-23-15-9-7-14(8-10-15)22-18(19)21-12-17-20-11-16(24-17)13-5-3-2-4-6-13/h2-11H,12H2,1H3,(H3,19,21,22). The number of guanidine groups is 1. The van der Waals surface area contributed by atoms with Crippen LogP contribution in [0.4, 0.5) is 5.69 Å². The summed E-state index contributed by atoms with van der Waals surface area (Å²) in [5.41, 5.74) is 7.68. The van der Waals surface area contributed by atoms with Gasteiger partial charge in [-0.05, 0) is 24.3 Å². The van der Waals surface area contributed by atoms with Crippen molar-refractivity contribution in [3.8, 4) is 17.1 Å². The summed E-state index contributed by atoms with van der Waals surface area (Å²) in [6, 6.07) is 17.2. The first-order valence-corrected chi connectivity index (χ1v) is 7.46. The predicted molar refractivity (Wildman–Crippen MR) is 93.9 cm³/mol. The highest BCUT2D eigenvalue weighted by Gasteiger charge is 2.05. The quantitative estimate of drug-likeness (QED) is 0.556. The van der Waals surface area contributed by atoms with Gasteiger partial charge in [0.1, 0.15) is 12.3 Å². The molecular formula is C18H18N4O2. The Balaban J connectivity index is 1.61. The summed E-state index contributed by atoms with van der Waals surface area (Å²) in [5.74, 6) is 2.29. The van der Waals surface area contributed by atoms with Gasteiger partial charge in [0.05, 0.1) is 13.3 Å². The third-order valence-corrected chi connectivity index (χ3v) is 3.36. The average molecular weight is 322 g/mol. The van der Waals surface area contributed by atoms with E-state index in [4.69, 9.17) is 14.9 Å². The van der Waals surface area contributed by atoms with Gasteiger partial charge < -0.3 is 20.2 Å². The van der Waals surface area contributed by atoms with Crippen LogP contribution in [0.1, 0.15) is 5.89 Å². The Morgan fingerprint density at radius 2 is 1.92 bits per heavy atom. The zero-order chi connectivity index (χ0) is 16.8.